The number of nitrogens with one attached hydrogen (secondary N) is 1. The van der Waals surface area contributed by atoms with E-state index < -0.39 is 0 Å². The molecular weight excluding hydrogens is 340 g/mol. The van der Waals surface area contributed by atoms with Crippen molar-refractivity contribution in [3.8, 4) is 0 Å². The maximum Gasteiger partial charge on any atom is 0.274 e. The third-order valence-corrected chi connectivity index (χ3v) is 5.62. The topological polar surface area (TPSA) is 61.5 Å². The van der Waals surface area contributed by atoms with Crippen molar-refractivity contribution in [3.05, 3.63) is 53.3 Å². The van der Waals surface area contributed by atoms with Gasteiger partial charge in [0.15, 0.2) is 0 Å². The predicted octanol–water partition coefficient (Wildman–Crippen LogP) is 2.30. The van der Waals surface area contributed by atoms with E-state index in [-0.39, 0.29) is 5.91 Å². The normalized spacial score (nSPS) is 21.3. The number of H-pyrrole nitrogens is 1. The molecular formula is C21H28N4O2. The summed E-state index contributed by atoms with van der Waals surface area (Å²) in [5.41, 5.74) is 3.02. The molecule has 4 rings (SSSR count). The fraction of sp³-hybridized carbons (Fsp3) is 0.524. The summed E-state index contributed by atoms with van der Waals surface area (Å²) < 4.78 is 5.33. The lowest BCUT2D eigenvalue weighted by molar-refractivity contribution is 0.0299. The molecule has 27 heavy (non-hydrogen) atoms. The van der Waals surface area contributed by atoms with Crippen LogP contribution in [0.4, 0.5) is 0 Å². The van der Waals surface area contributed by atoms with E-state index in [2.05, 4.69) is 45.4 Å². The Morgan fingerprint density at radius 1 is 1.19 bits per heavy atom. The number of ether oxygens (including phenoxy) is 1. The van der Waals surface area contributed by atoms with E-state index in [9.17, 15) is 4.79 Å². The van der Waals surface area contributed by atoms with E-state index in [1.54, 1.807) is 0 Å². The van der Waals surface area contributed by atoms with E-state index in [1.807, 2.05) is 11.0 Å². The second kappa shape index (κ2) is 8.67. The van der Waals surface area contributed by atoms with Crippen molar-refractivity contribution < 1.29 is 9.53 Å². The highest BCUT2D eigenvalue weighted by atomic mass is 16.5. The van der Waals surface area contributed by atoms with Crippen LogP contribution in [0.15, 0.2) is 36.4 Å². The van der Waals surface area contributed by atoms with Crippen LogP contribution in [0.2, 0.25) is 0 Å². The van der Waals surface area contributed by atoms with E-state index in [1.165, 1.54) is 12.0 Å². The molecule has 2 saturated heterocycles. The number of aromatic amines is 1. The lowest BCUT2D eigenvalue weighted by Gasteiger charge is -2.32. The van der Waals surface area contributed by atoms with Gasteiger partial charge in [-0.25, -0.2) is 0 Å². The van der Waals surface area contributed by atoms with Crippen molar-refractivity contribution in [2.75, 3.05) is 45.9 Å². The fourth-order valence-corrected chi connectivity index (χ4v) is 4.03. The Balaban J connectivity index is 1.34. The molecule has 2 aliphatic heterocycles. The zero-order chi connectivity index (χ0) is 18.5. The molecule has 144 valence electrons. The van der Waals surface area contributed by atoms with Crippen LogP contribution in [-0.2, 0) is 11.2 Å². The standard InChI is InChI=1S/C21H28N4O2/c26-21(25-11-13-27-14-12-25)20-15-19(22-23-20)18-7-4-9-24(16-18)10-8-17-5-2-1-3-6-17/h1-3,5-6,15,18H,4,7-14,16H2,(H,22,23)/t18-/m0/s1. The molecule has 2 aliphatic rings. The van der Waals surface area contributed by atoms with Crippen LogP contribution in [0, 0.1) is 0 Å². The molecule has 2 aromatic rings. The Morgan fingerprint density at radius 3 is 2.81 bits per heavy atom. The first-order valence-electron chi connectivity index (χ1n) is 9.98. The number of carbonyl (C=O) groups is 1. The summed E-state index contributed by atoms with van der Waals surface area (Å²) in [6, 6.07) is 12.6. The monoisotopic (exact) mass is 368 g/mol. The quantitative estimate of drug-likeness (QED) is 0.880. The Kier molecular flexibility index (Phi) is 5.84. The second-order valence-corrected chi connectivity index (χ2v) is 7.49. The molecule has 6 heteroatoms. The smallest absolute Gasteiger partial charge is 0.274 e. The maximum atomic E-state index is 12.6. The molecule has 0 saturated carbocycles. The number of hydrogen-bond donors (Lipinski definition) is 1. The van der Waals surface area contributed by atoms with Gasteiger partial charge in [0.05, 0.1) is 13.2 Å². The summed E-state index contributed by atoms with van der Waals surface area (Å²) in [6.07, 6.45) is 3.41. The minimum atomic E-state index is 0.0116. The highest BCUT2D eigenvalue weighted by Crippen LogP contribution is 2.26. The zero-order valence-corrected chi connectivity index (χ0v) is 15.8. The van der Waals surface area contributed by atoms with Crippen LogP contribution >= 0.6 is 0 Å². The molecule has 1 atom stereocenters. The van der Waals surface area contributed by atoms with Gasteiger partial charge in [-0.3, -0.25) is 9.89 Å². The largest absolute Gasteiger partial charge is 0.378 e. The second-order valence-electron chi connectivity index (χ2n) is 7.49. The van der Waals surface area contributed by atoms with Crippen molar-refractivity contribution in [1.82, 2.24) is 20.0 Å². The Labute approximate surface area is 160 Å². The van der Waals surface area contributed by atoms with Crippen molar-refractivity contribution in [2.24, 2.45) is 0 Å². The average Bonchev–Trinajstić information content (AvgIpc) is 3.24. The number of rotatable bonds is 5. The maximum absolute atomic E-state index is 12.6. The number of benzene rings is 1. The number of likely N-dealkylation sites (tertiary alicyclic amines) is 1. The number of morpholine rings is 1. The van der Waals surface area contributed by atoms with Gasteiger partial charge in [0.25, 0.3) is 5.91 Å². The summed E-state index contributed by atoms with van der Waals surface area (Å²) in [5, 5.41) is 7.44. The molecule has 1 aromatic heterocycles. The van der Waals surface area contributed by atoms with Gasteiger partial charge in [0.1, 0.15) is 5.69 Å². The number of hydrogen-bond acceptors (Lipinski definition) is 4. The molecule has 1 amide bonds. The molecule has 0 bridgehead atoms. The Hall–Kier alpha value is -2.18. The number of amides is 1. The van der Waals surface area contributed by atoms with Crippen molar-refractivity contribution in [1.29, 1.82) is 0 Å². The number of nitrogens with zero attached hydrogens (tertiary/aromatic N) is 3. The van der Waals surface area contributed by atoms with Gasteiger partial charge in [0, 0.05) is 37.8 Å². The van der Waals surface area contributed by atoms with Crippen LogP contribution in [0.3, 0.4) is 0 Å². The first-order chi connectivity index (χ1) is 13.3. The van der Waals surface area contributed by atoms with Crippen molar-refractivity contribution >= 4 is 5.91 Å². The number of carbonyl (C=O) groups excluding carboxylic acids is 1. The summed E-state index contributed by atoms with van der Waals surface area (Å²) in [5.74, 6) is 0.436. The van der Waals surface area contributed by atoms with Gasteiger partial charge < -0.3 is 14.5 Å². The van der Waals surface area contributed by atoms with Gasteiger partial charge in [-0.1, -0.05) is 30.3 Å². The van der Waals surface area contributed by atoms with Crippen LogP contribution in [0.1, 0.15) is 40.5 Å². The number of aromatic nitrogens is 2. The summed E-state index contributed by atoms with van der Waals surface area (Å²) in [6.45, 7) is 5.78. The summed E-state index contributed by atoms with van der Waals surface area (Å²) in [7, 11) is 0. The highest BCUT2D eigenvalue weighted by Gasteiger charge is 2.25. The van der Waals surface area contributed by atoms with E-state index in [4.69, 9.17) is 4.74 Å². The van der Waals surface area contributed by atoms with Gasteiger partial charge in [-0.15, -0.1) is 0 Å². The summed E-state index contributed by atoms with van der Waals surface area (Å²) in [4.78, 5) is 17.0. The van der Waals surface area contributed by atoms with Crippen LogP contribution in [0.5, 0.6) is 0 Å². The Morgan fingerprint density at radius 2 is 2.00 bits per heavy atom. The van der Waals surface area contributed by atoms with Crippen LogP contribution in [0.25, 0.3) is 0 Å². The molecule has 1 aromatic carbocycles. The average molecular weight is 368 g/mol. The van der Waals surface area contributed by atoms with E-state index in [0.717, 1.165) is 38.2 Å². The first-order valence-corrected chi connectivity index (χ1v) is 9.98. The van der Waals surface area contributed by atoms with Crippen LogP contribution < -0.4 is 0 Å². The SMILES string of the molecule is O=C(c1cc([C@H]2CCCN(CCc3ccccc3)C2)[nH]n1)N1CCOCC1. The van der Waals surface area contributed by atoms with Crippen molar-refractivity contribution in [2.45, 2.75) is 25.2 Å². The summed E-state index contributed by atoms with van der Waals surface area (Å²) >= 11 is 0. The third kappa shape index (κ3) is 4.57. The minimum Gasteiger partial charge on any atom is -0.378 e. The lowest BCUT2D eigenvalue weighted by atomic mass is 9.94. The highest BCUT2D eigenvalue weighted by molar-refractivity contribution is 5.92. The third-order valence-electron chi connectivity index (χ3n) is 5.62. The molecule has 0 unspecified atom stereocenters. The van der Waals surface area contributed by atoms with Gasteiger partial charge in [-0.05, 0) is 37.4 Å². The molecule has 2 fully saturated rings. The molecule has 3 heterocycles. The molecule has 0 aliphatic carbocycles. The molecule has 0 radical (unpaired) electrons. The lowest BCUT2D eigenvalue weighted by Crippen LogP contribution is -2.40. The molecule has 0 spiro atoms. The van der Waals surface area contributed by atoms with Crippen molar-refractivity contribution in [3.63, 3.8) is 0 Å². The Bertz CT molecular complexity index is 740. The van der Waals surface area contributed by atoms with Gasteiger partial charge >= 0.3 is 0 Å². The van der Waals surface area contributed by atoms with E-state index >= 15 is 0 Å². The van der Waals surface area contributed by atoms with Gasteiger partial charge in [0.2, 0.25) is 0 Å². The van der Waals surface area contributed by atoms with E-state index in [0.29, 0.717) is 37.9 Å². The zero-order valence-electron chi connectivity index (χ0n) is 15.8. The van der Waals surface area contributed by atoms with Crippen LogP contribution in [-0.4, -0.2) is 71.8 Å². The fourth-order valence-electron chi connectivity index (χ4n) is 4.03. The van der Waals surface area contributed by atoms with Gasteiger partial charge in [-0.2, -0.15) is 5.10 Å². The first kappa shape index (κ1) is 18.2. The number of piperidine rings is 1. The minimum absolute atomic E-state index is 0.0116. The molecule has 6 nitrogen and oxygen atoms in total. The molecule has 1 N–H and O–H groups in total. The predicted molar refractivity (Wildman–Crippen MR) is 104 cm³/mol.